The second kappa shape index (κ2) is 5.57. The molecule has 23 heavy (non-hydrogen) atoms. The number of H-pyrrole nitrogens is 1. The number of rotatable bonds is 2. The Kier molecular flexibility index (Phi) is 3.72. The summed E-state index contributed by atoms with van der Waals surface area (Å²) in [6.07, 6.45) is 1.76. The predicted molar refractivity (Wildman–Crippen MR) is 91.1 cm³/mol. The first-order valence-electron chi connectivity index (χ1n) is 7.81. The van der Waals surface area contributed by atoms with E-state index in [1.54, 1.807) is 4.90 Å². The number of anilines is 2. The van der Waals surface area contributed by atoms with Gasteiger partial charge in [-0.2, -0.15) is 0 Å². The largest absolute Gasteiger partial charge is 0.398 e. The Morgan fingerprint density at radius 1 is 1.26 bits per heavy atom. The highest BCUT2D eigenvalue weighted by Gasteiger charge is 2.28. The standard InChI is InChI=1S/C18H21N3O2/c1-10-16(12(3)22)11(2)20-17(10)18(23)21-9-5-6-13-14(19)7-4-8-15(13)21/h4,7-8,20H,5-6,9,19H2,1-3H3. The second-order valence-electron chi connectivity index (χ2n) is 6.09. The first-order valence-corrected chi connectivity index (χ1v) is 7.81. The van der Waals surface area contributed by atoms with E-state index in [2.05, 4.69) is 4.98 Å². The fraction of sp³-hybridized carbons (Fsp3) is 0.333. The highest BCUT2D eigenvalue weighted by atomic mass is 16.2. The van der Waals surface area contributed by atoms with E-state index >= 15 is 0 Å². The molecule has 2 heterocycles. The van der Waals surface area contributed by atoms with Gasteiger partial charge in [-0.25, -0.2) is 0 Å². The Hall–Kier alpha value is -2.56. The number of hydrogen-bond acceptors (Lipinski definition) is 3. The number of amides is 1. The number of nitrogen functional groups attached to an aromatic ring is 1. The van der Waals surface area contributed by atoms with E-state index in [1.165, 1.54) is 6.92 Å². The van der Waals surface area contributed by atoms with Crippen LogP contribution in [0.4, 0.5) is 11.4 Å². The lowest BCUT2D eigenvalue weighted by Crippen LogP contribution is -2.36. The van der Waals surface area contributed by atoms with Crippen molar-refractivity contribution in [1.82, 2.24) is 4.98 Å². The summed E-state index contributed by atoms with van der Waals surface area (Å²) in [7, 11) is 0. The molecule has 0 atom stereocenters. The Morgan fingerprint density at radius 2 is 2.00 bits per heavy atom. The number of nitrogens with zero attached hydrogens (tertiary/aromatic N) is 1. The molecule has 3 rings (SSSR count). The number of benzene rings is 1. The molecule has 5 nitrogen and oxygen atoms in total. The number of fused-ring (bicyclic) bond motifs is 1. The minimum atomic E-state index is -0.107. The van der Waals surface area contributed by atoms with Gasteiger partial charge in [-0.1, -0.05) is 6.07 Å². The number of aromatic amines is 1. The Bertz CT molecular complexity index is 805. The third kappa shape index (κ3) is 2.42. The lowest BCUT2D eigenvalue weighted by atomic mass is 9.99. The van der Waals surface area contributed by atoms with Crippen LogP contribution in [-0.2, 0) is 6.42 Å². The molecule has 0 aliphatic carbocycles. The average molecular weight is 311 g/mol. The van der Waals surface area contributed by atoms with E-state index in [0.717, 1.165) is 41.0 Å². The molecule has 0 radical (unpaired) electrons. The van der Waals surface area contributed by atoms with Gasteiger partial charge >= 0.3 is 0 Å². The first kappa shape index (κ1) is 15.3. The summed E-state index contributed by atoms with van der Waals surface area (Å²) in [4.78, 5) is 29.7. The third-order valence-electron chi connectivity index (χ3n) is 4.54. The van der Waals surface area contributed by atoms with E-state index in [0.29, 0.717) is 17.8 Å². The van der Waals surface area contributed by atoms with E-state index in [4.69, 9.17) is 5.73 Å². The van der Waals surface area contributed by atoms with Gasteiger partial charge in [-0.05, 0) is 56.9 Å². The van der Waals surface area contributed by atoms with Crippen LogP contribution in [0.25, 0.3) is 0 Å². The van der Waals surface area contributed by atoms with E-state index < -0.39 is 0 Å². The Morgan fingerprint density at radius 3 is 2.65 bits per heavy atom. The number of carbonyl (C=O) groups is 2. The van der Waals surface area contributed by atoms with Crippen LogP contribution in [0.1, 0.15) is 51.0 Å². The van der Waals surface area contributed by atoms with Crippen LogP contribution in [-0.4, -0.2) is 23.2 Å². The number of carbonyl (C=O) groups excluding carboxylic acids is 2. The quantitative estimate of drug-likeness (QED) is 0.661. The fourth-order valence-corrected chi connectivity index (χ4v) is 3.49. The van der Waals surface area contributed by atoms with Gasteiger partial charge in [0, 0.05) is 29.2 Å². The summed E-state index contributed by atoms with van der Waals surface area (Å²) < 4.78 is 0. The van der Waals surface area contributed by atoms with Gasteiger partial charge in [0.1, 0.15) is 5.69 Å². The highest BCUT2D eigenvalue weighted by molar-refractivity contribution is 6.09. The maximum Gasteiger partial charge on any atom is 0.274 e. The predicted octanol–water partition coefficient (Wildman–Crippen LogP) is 3.01. The number of aromatic nitrogens is 1. The van der Waals surface area contributed by atoms with Crippen molar-refractivity contribution < 1.29 is 9.59 Å². The summed E-state index contributed by atoms with van der Waals surface area (Å²) in [5.74, 6) is -0.136. The van der Waals surface area contributed by atoms with Crippen molar-refractivity contribution in [2.75, 3.05) is 17.2 Å². The number of ketones is 1. The first-order chi connectivity index (χ1) is 10.9. The number of hydrogen-bond donors (Lipinski definition) is 2. The summed E-state index contributed by atoms with van der Waals surface area (Å²) in [6.45, 7) is 5.82. The lowest BCUT2D eigenvalue weighted by Gasteiger charge is -2.30. The van der Waals surface area contributed by atoms with Gasteiger partial charge in [0.25, 0.3) is 5.91 Å². The van der Waals surface area contributed by atoms with E-state index in [1.807, 2.05) is 32.0 Å². The van der Waals surface area contributed by atoms with Crippen molar-refractivity contribution in [2.45, 2.75) is 33.6 Å². The normalized spacial score (nSPS) is 13.8. The molecule has 2 aromatic rings. The van der Waals surface area contributed by atoms with Crippen LogP contribution in [0.15, 0.2) is 18.2 Å². The molecular weight excluding hydrogens is 290 g/mol. The zero-order valence-electron chi connectivity index (χ0n) is 13.7. The number of nitrogens with one attached hydrogen (secondary N) is 1. The van der Waals surface area contributed by atoms with Crippen LogP contribution in [0.2, 0.25) is 0 Å². The molecule has 0 spiro atoms. The lowest BCUT2D eigenvalue weighted by molar-refractivity contribution is 0.0980. The molecule has 0 saturated heterocycles. The molecule has 1 aliphatic rings. The SMILES string of the molecule is CC(=O)c1c(C)[nH]c(C(=O)N2CCCc3c(N)cccc32)c1C. The molecule has 1 aliphatic heterocycles. The van der Waals surface area contributed by atoms with Crippen LogP contribution in [0.3, 0.4) is 0 Å². The van der Waals surface area contributed by atoms with Crippen molar-refractivity contribution in [3.05, 3.63) is 46.3 Å². The summed E-state index contributed by atoms with van der Waals surface area (Å²) >= 11 is 0. The van der Waals surface area contributed by atoms with Crippen molar-refractivity contribution in [1.29, 1.82) is 0 Å². The van der Waals surface area contributed by atoms with E-state index in [9.17, 15) is 9.59 Å². The van der Waals surface area contributed by atoms with Gasteiger partial charge in [-0.3, -0.25) is 9.59 Å². The molecule has 3 N–H and O–H groups in total. The van der Waals surface area contributed by atoms with Gasteiger partial charge < -0.3 is 15.6 Å². The molecule has 1 aromatic heterocycles. The van der Waals surface area contributed by atoms with Crippen LogP contribution >= 0.6 is 0 Å². The third-order valence-corrected chi connectivity index (χ3v) is 4.54. The van der Waals surface area contributed by atoms with Crippen LogP contribution in [0, 0.1) is 13.8 Å². The van der Waals surface area contributed by atoms with E-state index in [-0.39, 0.29) is 11.7 Å². The van der Waals surface area contributed by atoms with Gasteiger partial charge in [0.2, 0.25) is 0 Å². The average Bonchev–Trinajstić information content (AvgIpc) is 2.81. The number of nitrogens with two attached hydrogens (primary N) is 1. The highest BCUT2D eigenvalue weighted by Crippen LogP contribution is 2.33. The minimum Gasteiger partial charge on any atom is -0.398 e. The molecule has 1 amide bonds. The zero-order valence-corrected chi connectivity index (χ0v) is 13.7. The minimum absolute atomic E-state index is 0.0291. The maximum atomic E-state index is 13.0. The molecule has 0 bridgehead atoms. The summed E-state index contributed by atoms with van der Waals surface area (Å²) in [6, 6.07) is 5.66. The summed E-state index contributed by atoms with van der Waals surface area (Å²) in [5.41, 5.74) is 11.2. The molecule has 0 saturated carbocycles. The molecule has 120 valence electrons. The topological polar surface area (TPSA) is 79.2 Å². The second-order valence-corrected chi connectivity index (χ2v) is 6.09. The molecular formula is C18H21N3O2. The molecule has 0 fully saturated rings. The van der Waals surface area contributed by atoms with Crippen molar-refractivity contribution in [3.8, 4) is 0 Å². The zero-order chi connectivity index (χ0) is 16.7. The Balaban J connectivity index is 2.05. The fourth-order valence-electron chi connectivity index (χ4n) is 3.49. The van der Waals surface area contributed by atoms with Gasteiger partial charge in [0.15, 0.2) is 5.78 Å². The van der Waals surface area contributed by atoms with Crippen LogP contribution < -0.4 is 10.6 Å². The smallest absolute Gasteiger partial charge is 0.274 e. The maximum absolute atomic E-state index is 13.0. The van der Waals surface area contributed by atoms with Crippen LogP contribution in [0.5, 0.6) is 0 Å². The molecule has 5 heteroatoms. The molecule has 1 aromatic carbocycles. The van der Waals surface area contributed by atoms with Gasteiger partial charge in [0.05, 0.1) is 0 Å². The van der Waals surface area contributed by atoms with Gasteiger partial charge in [-0.15, -0.1) is 0 Å². The number of aryl methyl sites for hydroxylation is 1. The summed E-state index contributed by atoms with van der Waals surface area (Å²) in [5, 5.41) is 0. The van der Waals surface area contributed by atoms with Crippen molar-refractivity contribution in [2.24, 2.45) is 0 Å². The number of Topliss-reactive ketones (excluding diaryl/α,β-unsaturated/α-hetero) is 1. The monoisotopic (exact) mass is 311 g/mol. The van der Waals surface area contributed by atoms with Crippen molar-refractivity contribution >= 4 is 23.1 Å². The molecule has 0 unspecified atom stereocenters. The van der Waals surface area contributed by atoms with Crippen molar-refractivity contribution in [3.63, 3.8) is 0 Å². The Labute approximate surface area is 135 Å².